The molecule has 0 heterocycles. The van der Waals surface area contributed by atoms with Gasteiger partial charge in [0.05, 0.1) is 0 Å². The summed E-state index contributed by atoms with van der Waals surface area (Å²) in [5.41, 5.74) is 5.00. The molecule has 1 atom stereocenters. The van der Waals surface area contributed by atoms with Gasteiger partial charge < -0.3 is 10.1 Å². The molecule has 2 heteroatoms. The van der Waals surface area contributed by atoms with Crippen molar-refractivity contribution in [2.24, 2.45) is 0 Å². The van der Waals surface area contributed by atoms with Crippen LogP contribution in [0.2, 0.25) is 0 Å². The van der Waals surface area contributed by atoms with Gasteiger partial charge in [0.2, 0.25) is 0 Å². The van der Waals surface area contributed by atoms with Crippen LogP contribution in [-0.2, 0) is 13.0 Å². The number of hydrogen-bond acceptors (Lipinski definition) is 2. The summed E-state index contributed by atoms with van der Waals surface area (Å²) in [6, 6.07) is 27.8. The van der Waals surface area contributed by atoms with Crippen LogP contribution >= 0.6 is 0 Å². The number of benzene rings is 3. The Balaban J connectivity index is 1.55. The highest BCUT2D eigenvalue weighted by Gasteiger charge is 2.06. The maximum absolute atomic E-state index is 5.95. The molecular formula is C25H29NO. The third kappa shape index (κ3) is 5.89. The lowest BCUT2D eigenvalue weighted by molar-refractivity contribution is 0.306. The fraction of sp³-hybridized carbons (Fsp3) is 0.280. The average molecular weight is 360 g/mol. The summed E-state index contributed by atoms with van der Waals surface area (Å²) in [5, 5.41) is 3.59. The average Bonchev–Trinajstić information content (AvgIpc) is 2.68. The van der Waals surface area contributed by atoms with Crippen molar-refractivity contribution in [1.29, 1.82) is 0 Å². The van der Waals surface area contributed by atoms with Crippen molar-refractivity contribution in [1.82, 2.24) is 0 Å². The van der Waals surface area contributed by atoms with Gasteiger partial charge in [-0.1, -0.05) is 68.4 Å². The third-order valence-corrected chi connectivity index (χ3v) is 4.68. The van der Waals surface area contributed by atoms with Gasteiger partial charge in [0, 0.05) is 11.7 Å². The molecule has 0 bridgehead atoms. The molecule has 1 N–H and O–H groups in total. The normalized spacial score (nSPS) is 12.0. The Morgan fingerprint density at radius 3 is 2.19 bits per heavy atom. The second-order valence-electron chi connectivity index (χ2n) is 7.45. The van der Waals surface area contributed by atoms with E-state index in [0.29, 0.717) is 18.6 Å². The first-order valence-electron chi connectivity index (χ1n) is 9.72. The Bertz CT molecular complexity index is 824. The van der Waals surface area contributed by atoms with Crippen LogP contribution in [0.25, 0.3) is 0 Å². The first-order valence-corrected chi connectivity index (χ1v) is 9.72. The zero-order valence-corrected chi connectivity index (χ0v) is 16.5. The molecule has 0 aliphatic heterocycles. The molecule has 2 nitrogen and oxygen atoms in total. The summed E-state index contributed by atoms with van der Waals surface area (Å²) < 4.78 is 5.95. The van der Waals surface area contributed by atoms with E-state index in [1.54, 1.807) is 0 Å². The molecule has 3 aromatic rings. The monoisotopic (exact) mass is 359 g/mol. The Morgan fingerprint density at radius 2 is 1.48 bits per heavy atom. The minimum atomic E-state index is 0.347. The van der Waals surface area contributed by atoms with Crippen LogP contribution in [-0.4, -0.2) is 6.04 Å². The second-order valence-corrected chi connectivity index (χ2v) is 7.45. The van der Waals surface area contributed by atoms with Gasteiger partial charge in [-0.3, -0.25) is 0 Å². The van der Waals surface area contributed by atoms with Crippen molar-refractivity contribution in [2.75, 3.05) is 5.32 Å². The lowest BCUT2D eigenvalue weighted by Crippen LogP contribution is -2.18. The van der Waals surface area contributed by atoms with Crippen LogP contribution in [0.1, 0.15) is 43.4 Å². The van der Waals surface area contributed by atoms with Crippen molar-refractivity contribution in [2.45, 2.75) is 45.8 Å². The number of nitrogens with one attached hydrogen (secondary N) is 1. The standard InChI is InChI=1S/C25H29NO/c1-19(2)23-12-14-24(15-13-23)26-20(3)16-22-10-7-11-25(17-22)27-18-21-8-5-4-6-9-21/h4-15,17,19-20,26H,16,18H2,1-3H3/t20-/m1/s1. The van der Waals surface area contributed by atoms with E-state index in [4.69, 9.17) is 4.74 Å². The minimum Gasteiger partial charge on any atom is -0.489 e. The van der Waals surface area contributed by atoms with Gasteiger partial charge in [-0.15, -0.1) is 0 Å². The largest absolute Gasteiger partial charge is 0.489 e. The molecule has 0 unspecified atom stereocenters. The van der Waals surface area contributed by atoms with Crippen LogP contribution < -0.4 is 10.1 Å². The Labute approximate surface area is 163 Å². The van der Waals surface area contributed by atoms with Crippen LogP contribution in [0, 0.1) is 0 Å². The van der Waals surface area contributed by atoms with Crippen LogP contribution in [0.4, 0.5) is 5.69 Å². The molecule has 140 valence electrons. The molecule has 3 aromatic carbocycles. The van der Waals surface area contributed by atoms with E-state index in [1.807, 2.05) is 24.3 Å². The van der Waals surface area contributed by atoms with Crippen molar-refractivity contribution in [3.05, 3.63) is 95.6 Å². The molecule has 0 saturated carbocycles. The fourth-order valence-electron chi connectivity index (χ4n) is 3.16. The summed E-state index contributed by atoms with van der Waals surface area (Å²) in [4.78, 5) is 0. The van der Waals surface area contributed by atoms with Crippen LogP contribution in [0.5, 0.6) is 5.75 Å². The highest BCUT2D eigenvalue weighted by molar-refractivity contribution is 5.46. The van der Waals surface area contributed by atoms with E-state index < -0.39 is 0 Å². The zero-order valence-electron chi connectivity index (χ0n) is 16.5. The summed E-state index contributed by atoms with van der Waals surface area (Å²) >= 11 is 0. The Morgan fingerprint density at radius 1 is 0.778 bits per heavy atom. The summed E-state index contributed by atoms with van der Waals surface area (Å²) in [6.07, 6.45) is 0.953. The highest BCUT2D eigenvalue weighted by Crippen LogP contribution is 2.20. The van der Waals surface area contributed by atoms with Crippen molar-refractivity contribution in [3.8, 4) is 5.75 Å². The SMILES string of the molecule is CC(C)c1ccc(N[C@H](C)Cc2cccc(OCc3ccccc3)c2)cc1. The van der Waals surface area contributed by atoms with Crippen LogP contribution in [0.15, 0.2) is 78.9 Å². The molecular weight excluding hydrogens is 330 g/mol. The first-order chi connectivity index (χ1) is 13.1. The summed E-state index contributed by atoms with van der Waals surface area (Å²) in [5.74, 6) is 1.49. The van der Waals surface area contributed by atoms with Crippen molar-refractivity contribution >= 4 is 5.69 Å². The second kappa shape index (κ2) is 9.27. The fourth-order valence-corrected chi connectivity index (χ4v) is 3.16. The lowest BCUT2D eigenvalue weighted by atomic mass is 10.0. The number of ether oxygens (including phenoxy) is 1. The van der Waals surface area contributed by atoms with Gasteiger partial charge in [0.25, 0.3) is 0 Å². The topological polar surface area (TPSA) is 21.3 Å². The predicted octanol–water partition coefficient (Wildman–Crippen LogP) is 6.43. The molecule has 0 amide bonds. The molecule has 0 fully saturated rings. The van der Waals surface area contributed by atoms with Crippen molar-refractivity contribution in [3.63, 3.8) is 0 Å². The van der Waals surface area contributed by atoms with E-state index in [9.17, 15) is 0 Å². The van der Waals surface area contributed by atoms with E-state index >= 15 is 0 Å². The van der Waals surface area contributed by atoms with Crippen molar-refractivity contribution < 1.29 is 4.74 Å². The minimum absolute atomic E-state index is 0.347. The summed E-state index contributed by atoms with van der Waals surface area (Å²) in [6.45, 7) is 7.25. The maximum Gasteiger partial charge on any atom is 0.120 e. The van der Waals surface area contributed by atoms with E-state index in [2.05, 4.69) is 80.7 Å². The number of hydrogen-bond donors (Lipinski definition) is 1. The number of rotatable bonds is 8. The smallest absolute Gasteiger partial charge is 0.120 e. The van der Waals surface area contributed by atoms with E-state index in [1.165, 1.54) is 22.4 Å². The van der Waals surface area contributed by atoms with Crippen LogP contribution in [0.3, 0.4) is 0 Å². The van der Waals surface area contributed by atoms with Gasteiger partial charge in [0.15, 0.2) is 0 Å². The molecule has 0 spiro atoms. The molecule has 0 saturated heterocycles. The Hall–Kier alpha value is -2.74. The van der Waals surface area contributed by atoms with Gasteiger partial charge in [-0.2, -0.15) is 0 Å². The first kappa shape index (κ1) is 19.0. The zero-order chi connectivity index (χ0) is 19.1. The molecule has 27 heavy (non-hydrogen) atoms. The molecule has 0 aliphatic rings. The molecule has 0 aromatic heterocycles. The maximum atomic E-state index is 5.95. The highest BCUT2D eigenvalue weighted by atomic mass is 16.5. The van der Waals surface area contributed by atoms with Gasteiger partial charge in [-0.05, 0) is 60.2 Å². The lowest BCUT2D eigenvalue weighted by Gasteiger charge is -2.17. The number of anilines is 1. The van der Waals surface area contributed by atoms with Gasteiger partial charge in [-0.25, -0.2) is 0 Å². The molecule has 0 aliphatic carbocycles. The quantitative estimate of drug-likeness (QED) is 0.500. The van der Waals surface area contributed by atoms with Gasteiger partial charge in [0.1, 0.15) is 12.4 Å². The summed E-state index contributed by atoms with van der Waals surface area (Å²) in [7, 11) is 0. The molecule has 0 radical (unpaired) electrons. The van der Waals surface area contributed by atoms with E-state index in [-0.39, 0.29) is 0 Å². The molecule has 3 rings (SSSR count). The van der Waals surface area contributed by atoms with Gasteiger partial charge >= 0.3 is 0 Å². The van der Waals surface area contributed by atoms with E-state index in [0.717, 1.165) is 12.2 Å². The third-order valence-electron chi connectivity index (χ3n) is 4.68. The Kier molecular flexibility index (Phi) is 6.54. The predicted molar refractivity (Wildman–Crippen MR) is 115 cm³/mol.